The maximum absolute atomic E-state index is 11.0. The lowest BCUT2D eigenvalue weighted by Crippen LogP contribution is -2.61. The maximum Gasteiger partial charge on any atom is 0.0599 e. The van der Waals surface area contributed by atoms with Gasteiger partial charge in [0.2, 0.25) is 0 Å². The molecule has 4 fully saturated rings. The zero-order valence-corrected chi connectivity index (χ0v) is 14.5. The van der Waals surface area contributed by atoms with Crippen molar-refractivity contribution in [2.24, 2.45) is 39.9 Å². The van der Waals surface area contributed by atoms with Gasteiger partial charge in [-0.15, -0.1) is 0 Å². The molecule has 0 aliphatic heterocycles. The van der Waals surface area contributed by atoms with E-state index in [-0.39, 0.29) is 11.5 Å². The molecule has 4 aliphatic carbocycles. The highest BCUT2D eigenvalue weighted by molar-refractivity contribution is 5.14. The Kier molecular flexibility index (Phi) is 2.96. The van der Waals surface area contributed by atoms with Crippen molar-refractivity contribution in [2.45, 2.75) is 85.2 Å². The van der Waals surface area contributed by atoms with Crippen LogP contribution in [0.5, 0.6) is 0 Å². The molecule has 0 aromatic heterocycles. The average Bonchev–Trinajstić information content (AvgIpc) is 2.65. The van der Waals surface area contributed by atoms with Crippen molar-refractivity contribution in [1.82, 2.24) is 0 Å². The van der Waals surface area contributed by atoms with Crippen LogP contribution in [0, 0.1) is 39.9 Å². The first-order chi connectivity index (χ1) is 9.80. The molecule has 21 heavy (non-hydrogen) atoms. The van der Waals surface area contributed by atoms with E-state index in [9.17, 15) is 5.11 Å². The van der Waals surface area contributed by atoms with Crippen LogP contribution >= 0.6 is 0 Å². The summed E-state index contributed by atoms with van der Waals surface area (Å²) < 4.78 is 0. The highest BCUT2D eigenvalue weighted by atomic mass is 16.3. The molecule has 1 N–H and O–H groups in total. The summed E-state index contributed by atoms with van der Waals surface area (Å²) in [5.74, 6) is 3.45. The summed E-state index contributed by atoms with van der Waals surface area (Å²) >= 11 is 0. The predicted molar refractivity (Wildman–Crippen MR) is 86.9 cm³/mol. The van der Waals surface area contributed by atoms with Crippen LogP contribution < -0.4 is 0 Å². The zero-order valence-electron chi connectivity index (χ0n) is 14.5. The molecule has 2 bridgehead atoms. The highest BCUT2D eigenvalue weighted by Gasteiger charge is 2.65. The molecular formula is C20H34O. The van der Waals surface area contributed by atoms with Crippen molar-refractivity contribution in [1.29, 1.82) is 0 Å². The van der Waals surface area contributed by atoms with E-state index >= 15 is 0 Å². The third kappa shape index (κ3) is 1.73. The van der Waals surface area contributed by atoms with Gasteiger partial charge < -0.3 is 5.11 Å². The Morgan fingerprint density at radius 2 is 1.62 bits per heavy atom. The lowest BCUT2D eigenvalue weighted by molar-refractivity contribution is -0.199. The van der Waals surface area contributed by atoms with Crippen molar-refractivity contribution in [3.8, 4) is 0 Å². The molecule has 0 aromatic rings. The summed E-state index contributed by atoms with van der Waals surface area (Å²) in [6.45, 7) is 9.93. The number of fused-ring (bicyclic) bond motifs is 3. The van der Waals surface area contributed by atoms with Crippen molar-refractivity contribution >= 4 is 0 Å². The minimum atomic E-state index is -0.0508. The lowest BCUT2D eigenvalue weighted by Gasteiger charge is -2.65. The van der Waals surface area contributed by atoms with Gasteiger partial charge in [0.05, 0.1) is 6.10 Å². The molecule has 7 atom stereocenters. The van der Waals surface area contributed by atoms with Crippen LogP contribution in [0.15, 0.2) is 0 Å². The number of aliphatic hydroxyl groups is 1. The summed E-state index contributed by atoms with van der Waals surface area (Å²) in [5.41, 5.74) is 1.22. The summed E-state index contributed by atoms with van der Waals surface area (Å²) in [4.78, 5) is 0. The van der Waals surface area contributed by atoms with Crippen LogP contribution in [0.2, 0.25) is 0 Å². The van der Waals surface area contributed by atoms with E-state index in [1.165, 1.54) is 44.9 Å². The van der Waals surface area contributed by atoms with Gasteiger partial charge in [0.25, 0.3) is 0 Å². The van der Waals surface area contributed by atoms with Crippen LogP contribution in [0.4, 0.5) is 0 Å². The molecule has 1 unspecified atom stereocenters. The number of rotatable bonds is 0. The highest BCUT2D eigenvalue weighted by Crippen LogP contribution is 2.72. The van der Waals surface area contributed by atoms with Gasteiger partial charge >= 0.3 is 0 Å². The Balaban J connectivity index is 1.76. The van der Waals surface area contributed by atoms with Gasteiger partial charge in [-0.25, -0.2) is 0 Å². The van der Waals surface area contributed by atoms with Crippen LogP contribution in [0.1, 0.15) is 79.1 Å². The van der Waals surface area contributed by atoms with E-state index in [1.807, 2.05) is 0 Å². The third-order valence-corrected chi connectivity index (χ3v) is 8.92. The predicted octanol–water partition coefficient (Wildman–Crippen LogP) is 5.03. The Hall–Kier alpha value is -0.0400. The number of hydrogen-bond donors (Lipinski definition) is 1. The first kappa shape index (κ1) is 14.5. The van der Waals surface area contributed by atoms with E-state index < -0.39 is 0 Å². The molecule has 1 heteroatoms. The van der Waals surface area contributed by atoms with Gasteiger partial charge in [0.1, 0.15) is 0 Å². The molecule has 1 spiro atoms. The van der Waals surface area contributed by atoms with E-state index in [1.54, 1.807) is 0 Å². The molecule has 0 radical (unpaired) electrons. The van der Waals surface area contributed by atoms with Crippen molar-refractivity contribution in [2.75, 3.05) is 0 Å². The van der Waals surface area contributed by atoms with Crippen LogP contribution in [-0.4, -0.2) is 11.2 Å². The molecule has 4 rings (SSSR count). The Bertz CT molecular complexity index is 437. The standard InChI is InChI=1S/C20H34O/c1-13-11-20-10-7-15-18(2,3)9-8-17(21)19(15,4)16(20)6-5-14(13)12-20/h13-17,21H,5-12H2,1-4H3/t13-,14+,15+,16+,17?,19+,20+/m1/s1. The fourth-order valence-corrected chi connectivity index (χ4v) is 8.00. The molecule has 0 amide bonds. The topological polar surface area (TPSA) is 20.2 Å². The van der Waals surface area contributed by atoms with Crippen LogP contribution in [0.3, 0.4) is 0 Å². The van der Waals surface area contributed by atoms with Crippen molar-refractivity contribution in [3.63, 3.8) is 0 Å². The fraction of sp³-hybridized carbons (Fsp3) is 1.00. The fourth-order valence-electron chi connectivity index (χ4n) is 8.00. The maximum atomic E-state index is 11.0. The summed E-state index contributed by atoms with van der Waals surface area (Å²) in [7, 11) is 0. The second kappa shape index (κ2) is 4.28. The van der Waals surface area contributed by atoms with Gasteiger partial charge in [-0.1, -0.05) is 27.7 Å². The third-order valence-electron chi connectivity index (χ3n) is 8.92. The van der Waals surface area contributed by atoms with Gasteiger partial charge in [0, 0.05) is 5.41 Å². The van der Waals surface area contributed by atoms with E-state index in [0.717, 1.165) is 30.1 Å². The number of hydrogen-bond acceptors (Lipinski definition) is 1. The average molecular weight is 290 g/mol. The summed E-state index contributed by atoms with van der Waals surface area (Å²) in [6, 6.07) is 0. The molecule has 1 nitrogen and oxygen atoms in total. The van der Waals surface area contributed by atoms with Crippen LogP contribution in [-0.2, 0) is 0 Å². The lowest BCUT2D eigenvalue weighted by atomic mass is 9.40. The number of aliphatic hydroxyl groups excluding tert-OH is 1. The second-order valence-corrected chi connectivity index (χ2v) is 10.1. The van der Waals surface area contributed by atoms with E-state index in [2.05, 4.69) is 27.7 Å². The molecule has 0 aromatic carbocycles. The minimum Gasteiger partial charge on any atom is -0.393 e. The summed E-state index contributed by atoms with van der Waals surface area (Å²) in [6.07, 6.45) is 10.8. The largest absolute Gasteiger partial charge is 0.393 e. The van der Waals surface area contributed by atoms with E-state index in [0.29, 0.717) is 10.8 Å². The SMILES string of the molecule is C[C@@H]1C[C@]23CC[C@H]4C(C)(C)CCC(O)[C@]4(C)[C@@H]2CC[C@H]1C3. The first-order valence-corrected chi connectivity index (χ1v) is 9.48. The van der Waals surface area contributed by atoms with Crippen molar-refractivity contribution < 1.29 is 5.11 Å². The quantitative estimate of drug-likeness (QED) is 0.663. The molecule has 0 saturated heterocycles. The van der Waals surface area contributed by atoms with Gasteiger partial charge in [-0.2, -0.15) is 0 Å². The van der Waals surface area contributed by atoms with Gasteiger partial charge in [-0.05, 0) is 85.9 Å². The van der Waals surface area contributed by atoms with Gasteiger partial charge in [0.15, 0.2) is 0 Å². The first-order valence-electron chi connectivity index (χ1n) is 9.48. The molecule has 120 valence electrons. The Labute approximate surface area is 130 Å². The second-order valence-electron chi connectivity index (χ2n) is 10.1. The molecule has 4 saturated carbocycles. The Morgan fingerprint density at radius 3 is 2.38 bits per heavy atom. The van der Waals surface area contributed by atoms with Crippen molar-refractivity contribution in [3.05, 3.63) is 0 Å². The minimum absolute atomic E-state index is 0.0508. The smallest absolute Gasteiger partial charge is 0.0599 e. The van der Waals surface area contributed by atoms with Crippen LogP contribution in [0.25, 0.3) is 0 Å². The monoisotopic (exact) mass is 290 g/mol. The van der Waals surface area contributed by atoms with E-state index in [4.69, 9.17) is 0 Å². The normalized spacial score (nSPS) is 58.4. The molecule has 0 heterocycles. The zero-order chi connectivity index (χ0) is 15.0. The Morgan fingerprint density at radius 1 is 0.857 bits per heavy atom. The van der Waals surface area contributed by atoms with Gasteiger partial charge in [-0.3, -0.25) is 0 Å². The summed E-state index contributed by atoms with van der Waals surface area (Å²) in [5, 5.41) is 11.0. The molecular weight excluding hydrogens is 256 g/mol. The molecule has 4 aliphatic rings.